The monoisotopic (exact) mass is 395 g/mol. The molecular weight excluding hydrogens is 381 g/mol. The lowest BCUT2D eigenvalue weighted by Crippen LogP contribution is -2.35. The maximum absolute atomic E-state index is 12.5. The summed E-state index contributed by atoms with van der Waals surface area (Å²) in [7, 11) is 1.38. The zero-order valence-electron chi connectivity index (χ0n) is 14.0. The molecule has 2 amide bonds. The Hall–Kier alpha value is -2.64. The molecule has 0 aliphatic heterocycles. The summed E-state index contributed by atoms with van der Waals surface area (Å²) in [6.07, 6.45) is 0. The number of likely N-dealkylation sites (N-methyl/N-ethyl adjacent to an activating group) is 1. The van der Waals surface area contributed by atoms with Gasteiger partial charge in [-0.25, -0.2) is 0 Å². The summed E-state index contributed by atoms with van der Waals surface area (Å²) < 4.78 is 0. The topological polar surface area (TPSA) is 92.6 Å². The van der Waals surface area contributed by atoms with Crippen molar-refractivity contribution in [2.75, 3.05) is 18.9 Å². The highest BCUT2D eigenvalue weighted by Crippen LogP contribution is 2.29. The number of nitrogens with zero attached hydrogens (tertiary/aromatic N) is 2. The standard InChI is InChI=1S/C17H15Cl2N3O4/c1-10-5-3-6-11(16(10)22(25)26)17(24)21(2)9-14(23)20-15-12(18)7-4-8-13(15)19/h3-8H,9H2,1-2H3,(H,20,23). The van der Waals surface area contributed by atoms with E-state index in [4.69, 9.17) is 23.2 Å². The maximum Gasteiger partial charge on any atom is 0.285 e. The SMILES string of the molecule is Cc1cccc(C(=O)N(C)CC(=O)Nc2c(Cl)cccc2Cl)c1[N+](=O)[O-]. The second-order valence-corrected chi connectivity index (χ2v) is 6.35. The lowest BCUT2D eigenvalue weighted by molar-refractivity contribution is -0.385. The number of halogens is 2. The molecule has 0 radical (unpaired) electrons. The van der Waals surface area contributed by atoms with Gasteiger partial charge in [0.15, 0.2) is 0 Å². The first-order valence-electron chi connectivity index (χ1n) is 7.45. The highest BCUT2D eigenvalue weighted by atomic mass is 35.5. The van der Waals surface area contributed by atoms with Gasteiger partial charge in [0.05, 0.1) is 27.2 Å². The third kappa shape index (κ3) is 4.30. The summed E-state index contributed by atoms with van der Waals surface area (Å²) in [4.78, 5) is 36.4. The number of carbonyl (C=O) groups excluding carboxylic acids is 2. The second-order valence-electron chi connectivity index (χ2n) is 5.53. The van der Waals surface area contributed by atoms with Crippen molar-refractivity contribution < 1.29 is 14.5 Å². The Morgan fingerprint density at radius 1 is 1.15 bits per heavy atom. The number of nitro groups is 1. The van der Waals surface area contributed by atoms with E-state index in [-0.39, 0.29) is 33.5 Å². The van der Waals surface area contributed by atoms with E-state index in [2.05, 4.69) is 5.32 Å². The van der Waals surface area contributed by atoms with E-state index >= 15 is 0 Å². The molecule has 7 nitrogen and oxygen atoms in total. The molecule has 26 heavy (non-hydrogen) atoms. The van der Waals surface area contributed by atoms with E-state index in [1.165, 1.54) is 13.1 Å². The van der Waals surface area contributed by atoms with Crippen LogP contribution in [-0.2, 0) is 4.79 Å². The van der Waals surface area contributed by atoms with Crippen LogP contribution in [0, 0.1) is 17.0 Å². The van der Waals surface area contributed by atoms with Gasteiger partial charge in [-0.2, -0.15) is 0 Å². The number of hydrogen-bond donors (Lipinski definition) is 1. The largest absolute Gasteiger partial charge is 0.332 e. The quantitative estimate of drug-likeness (QED) is 0.613. The molecule has 136 valence electrons. The molecule has 2 rings (SSSR count). The third-order valence-electron chi connectivity index (χ3n) is 3.61. The van der Waals surface area contributed by atoms with Crippen LogP contribution in [-0.4, -0.2) is 35.2 Å². The van der Waals surface area contributed by atoms with E-state index in [9.17, 15) is 19.7 Å². The summed E-state index contributed by atoms with van der Waals surface area (Å²) in [6.45, 7) is 1.21. The molecule has 2 aromatic carbocycles. The van der Waals surface area contributed by atoms with Crippen molar-refractivity contribution in [3.63, 3.8) is 0 Å². The van der Waals surface area contributed by atoms with Crippen LogP contribution >= 0.6 is 23.2 Å². The fourth-order valence-corrected chi connectivity index (χ4v) is 2.85. The Kier molecular flexibility index (Phi) is 6.18. The molecule has 0 aromatic heterocycles. The molecule has 0 saturated carbocycles. The molecule has 9 heteroatoms. The smallest absolute Gasteiger partial charge is 0.285 e. The summed E-state index contributed by atoms with van der Waals surface area (Å²) in [6, 6.07) is 9.20. The predicted molar refractivity (Wildman–Crippen MR) is 99.9 cm³/mol. The van der Waals surface area contributed by atoms with Crippen LogP contribution in [0.15, 0.2) is 36.4 Å². The summed E-state index contributed by atoms with van der Waals surface area (Å²) in [5.41, 5.74) is 0.241. The number of nitro benzene ring substituents is 1. The van der Waals surface area contributed by atoms with Gasteiger partial charge in [0, 0.05) is 12.6 Å². The summed E-state index contributed by atoms with van der Waals surface area (Å²) in [5.74, 6) is -1.17. The van der Waals surface area contributed by atoms with Gasteiger partial charge in [0.25, 0.3) is 11.6 Å². The van der Waals surface area contributed by atoms with E-state index in [1.807, 2.05) is 0 Å². The summed E-state index contributed by atoms with van der Waals surface area (Å²) in [5, 5.41) is 14.3. The number of aryl methyl sites for hydroxylation is 1. The summed E-state index contributed by atoms with van der Waals surface area (Å²) >= 11 is 12.0. The molecule has 1 N–H and O–H groups in total. The van der Waals surface area contributed by atoms with Gasteiger partial charge in [-0.3, -0.25) is 19.7 Å². The Morgan fingerprint density at radius 2 is 1.73 bits per heavy atom. The van der Waals surface area contributed by atoms with Crippen molar-refractivity contribution >= 4 is 46.4 Å². The number of nitrogens with one attached hydrogen (secondary N) is 1. The van der Waals surface area contributed by atoms with Crippen molar-refractivity contribution in [2.24, 2.45) is 0 Å². The molecule has 0 saturated heterocycles. The van der Waals surface area contributed by atoms with Crippen LogP contribution < -0.4 is 5.32 Å². The van der Waals surface area contributed by atoms with Gasteiger partial charge in [-0.15, -0.1) is 0 Å². The number of anilines is 1. The van der Waals surface area contributed by atoms with Crippen LogP contribution in [0.25, 0.3) is 0 Å². The molecule has 2 aromatic rings. The molecule has 0 fully saturated rings. The molecule has 0 aliphatic rings. The van der Waals surface area contributed by atoms with Crippen LogP contribution in [0.4, 0.5) is 11.4 Å². The Morgan fingerprint density at radius 3 is 2.31 bits per heavy atom. The molecule has 0 bridgehead atoms. The normalized spacial score (nSPS) is 10.3. The first-order chi connectivity index (χ1) is 12.2. The van der Waals surface area contributed by atoms with E-state index in [0.29, 0.717) is 5.56 Å². The van der Waals surface area contributed by atoms with Crippen LogP contribution in [0.1, 0.15) is 15.9 Å². The fourth-order valence-electron chi connectivity index (χ4n) is 2.36. The van der Waals surface area contributed by atoms with Gasteiger partial charge in [-0.1, -0.05) is 41.4 Å². The zero-order valence-corrected chi connectivity index (χ0v) is 15.5. The van der Waals surface area contributed by atoms with Crippen molar-refractivity contribution in [1.82, 2.24) is 4.90 Å². The number of hydrogen-bond acceptors (Lipinski definition) is 4. The highest BCUT2D eigenvalue weighted by Gasteiger charge is 2.25. The van der Waals surface area contributed by atoms with E-state index in [0.717, 1.165) is 4.90 Å². The van der Waals surface area contributed by atoms with Crippen LogP contribution in [0.5, 0.6) is 0 Å². The fraction of sp³-hybridized carbons (Fsp3) is 0.176. The number of benzene rings is 2. The number of amides is 2. The number of carbonyl (C=O) groups is 2. The minimum Gasteiger partial charge on any atom is -0.332 e. The van der Waals surface area contributed by atoms with E-state index in [1.54, 1.807) is 37.3 Å². The predicted octanol–water partition coefficient (Wildman–Crippen LogP) is 3.92. The van der Waals surface area contributed by atoms with Crippen molar-refractivity contribution in [3.05, 3.63) is 67.7 Å². The van der Waals surface area contributed by atoms with Crippen LogP contribution in [0.2, 0.25) is 10.0 Å². The van der Waals surface area contributed by atoms with Crippen molar-refractivity contribution in [2.45, 2.75) is 6.92 Å². The maximum atomic E-state index is 12.5. The molecule has 0 aliphatic carbocycles. The lowest BCUT2D eigenvalue weighted by atomic mass is 10.1. The lowest BCUT2D eigenvalue weighted by Gasteiger charge is -2.18. The first kappa shape index (κ1) is 19.7. The van der Waals surface area contributed by atoms with Crippen molar-refractivity contribution in [3.8, 4) is 0 Å². The average molecular weight is 396 g/mol. The van der Waals surface area contributed by atoms with Gasteiger partial charge in [0.2, 0.25) is 5.91 Å². The Bertz CT molecular complexity index is 866. The van der Waals surface area contributed by atoms with Crippen LogP contribution in [0.3, 0.4) is 0 Å². The molecule has 0 atom stereocenters. The first-order valence-corrected chi connectivity index (χ1v) is 8.21. The zero-order chi connectivity index (χ0) is 19.4. The molecule has 0 unspecified atom stereocenters. The van der Waals surface area contributed by atoms with Gasteiger partial charge in [-0.05, 0) is 25.1 Å². The van der Waals surface area contributed by atoms with Gasteiger partial charge >= 0.3 is 0 Å². The molecular formula is C17H15Cl2N3O4. The van der Waals surface area contributed by atoms with Crippen molar-refractivity contribution in [1.29, 1.82) is 0 Å². The number of para-hydroxylation sites is 2. The highest BCUT2D eigenvalue weighted by molar-refractivity contribution is 6.39. The average Bonchev–Trinajstić information content (AvgIpc) is 2.57. The molecule has 0 heterocycles. The van der Waals surface area contributed by atoms with Gasteiger partial charge in [0.1, 0.15) is 5.56 Å². The minimum absolute atomic E-state index is 0.0823. The minimum atomic E-state index is -0.638. The molecule has 0 spiro atoms. The van der Waals surface area contributed by atoms with Gasteiger partial charge < -0.3 is 10.2 Å². The van der Waals surface area contributed by atoms with E-state index < -0.39 is 16.7 Å². The Labute approximate surface area is 159 Å². The Balaban J connectivity index is 2.16. The number of rotatable bonds is 5. The third-order valence-corrected chi connectivity index (χ3v) is 4.24. The second kappa shape index (κ2) is 8.16.